The molecule has 112 valence electrons. The summed E-state index contributed by atoms with van der Waals surface area (Å²) in [6.45, 7) is 8.28. The summed E-state index contributed by atoms with van der Waals surface area (Å²) in [4.78, 5) is 15.3. The second-order valence-corrected chi connectivity index (χ2v) is 6.30. The Morgan fingerprint density at radius 2 is 2.35 bits per heavy atom. The van der Waals surface area contributed by atoms with Gasteiger partial charge in [-0.2, -0.15) is 0 Å². The van der Waals surface area contributed by atoms with Gasteiger partial charge in [0.2, 0.25) is 0 Å². The molecule has 1 aliphatic heterocycles. The molecule has 0 radical (unpaired) electrons. The van der Waals surface area contributed by atoms with Gasteiger partial charge in [-0.3, -0.25) is 9.69 Å². The lowest BCUT2D eigenvalue weighted by Crippen LogP contribution is -2.48. The molecular weight excluding hydrogens is 272 g/mol. The van der Waals surface area contributed by atoms with Gasteiger partial charge < -0.3 is 5.32 Å². The van der Waals surface area contributed by atoms with E-state index in [0.29, 0.717) is 23.5 Å². The monoisotopic (exact) mass is 296 g/mol. The zero-order valence-corrected chi connectivity index (χ0v) is 13.4. The molecule has 2 heterocycles. The molecule has 1 aliphatic rings. The predicted molar refractivity (Wildman–Crippen MR) is 81.1 cm³/mol. The summed E-state index contributed by atoms with van der Waals surface area (Å²) in [7, 11) is 0. The van der Waals surface area contributed by atoms with E-state index in [2.05, 4.69) is 33.7 Å². The molecule has 0 aromatic carbocycles. The van der Waals surface area contributed by atoms with E-state index in [1.807, 2.05) is 6.92 Å². The quantitative estimate of drug-likeness (QED) is 0.904. The van der Waals surface area contributed by atoms with Crippen molar-refractivity contribution in [1.82, 2.24) is 19.8 Å². The Kier molecular flexibility index (Phi) is 5.48. The molecule has 1 aromatic rings. The number of amides is 1. The SMILES string of the molecule is CCc1nnsc1C(=O)NC[C@@H](C)N1CCCC[C@@H]1C. The summed E-state index contributed by atoms with van der Waals surface area (Å²) in [5.74, 6) is -0.0339. The van der Waals surface area contributed by atoms with E-state index in [1.54, 1.807) is 0 Å². The largest absolute Gasteiger partial charge is 0.350 e. The van der Waals surface area contributed by atoms with E-state index in [0.717, 1.165) is 18.7 Å². The van der Waals surface area contributed by atoms with Gasteiger partial charge in [0, 0.05) is 18.6 Å². The Morgan fingerprint density at radius 3 is 3.05 bits per heavy atom. The summed E-state index contributed by atoms with van der Waals surface area (Å²) >= 11 is 1.18. The van der Waals surface area contributed by atoms with Crippen molar-refractivity contribution in [3.05, 3.63) is 10.6 Å². The van der Waals surface area contributed by atoms with Gasteiger partial charge in [0.1, 0.15) is 4.88 Å². The van der Waals surface area contributed by atoms with E-state index < -0.39 is 0 Å². The highest BCUT2D eigenvalue weighted by Crippen LogP contribution is 2.19. The van der Waals surface area contributed by atoms with Crippen molar-refractivity contribution >= 4 is 17.4 Å². The smallest absolute Gasteiger partial charge is 0.265 e. The first kappa shape index (κ1) is 15.4. The molecule has 20 heavy (non-hydrogen) atoms. The van der Waals surface area contributed by atoms with Crippen LogP contribution in [0.4, 0.5) is 0 Å². The first-order valence-electron chi connectivity index (χ1n) is 7.48. The molecule has 2 rings (SSSR count). The standard InChI is InChI=1S/C14H24N4OS/c1-4-12-13(20-17-16-12)14(19)15-9-11(3)18-8-6-5-7-10(18)2/h10-11H,4-9H2,1-3H3,(H,15,19)/t10-,11+/m0/s1. The third-order valence-corrected chi connectivity index (χ3v) is 4.84. The van der Waals surface area contributed by atoms with Crippen LogP contribution in [0.3, 0.4) is 0 Å². The minimum Gasteiger partial charge on any atom is -0.350 e. The number of likely N-dealkylation sites (tertiary alicyclic amines) is 1. The number of nitrogens with zero attached hydrogens (tertiary/aromatic N) is 3. The lowest BCUT2D eigenvalue weighted by atomic mass is 10.0. The Balaban J connectivity index is 1.86. The van der Waals surface area contributed by atoms with Crippen molar-refractivity contribution in [2.24, 2.45) is 0 Å². The number of nitrogens with one attached hydrogen (secondary N) is 1. The Hall–Kier alpha value is -1.01. The van der Waals surface area contributed by atoms with Crippen molar-refractivity contribution in [2.45, 2.75) is 58.5 Å². The van der Waals surface area contributed by atoms with E-state index in [1.165, 1.54) is 30.8 Å². The molecule has 1 N–H and O–H groups in total. The van der Waals surface area contributed by atoms with Crippen LogP contribution < -0.4 is 5.32 Å². The third kappa shape index (κ3) is 3.55. The molecular formula is C14H24N4OS. The second-order valence-electron chi connectivity index (χ2n) is 5.54. The fourth-order valence-electron chi connectivity index (χ4n) is 2.83. The maximum absolute atomic E-state index is 12.2. The number of hydrogen-bond donors (Lipinski definition) is 1. The fourth-order valence-corrected chi connectivity index (χ4v) is 3.49. The molecule has 0 unspecified atom stereocenters. The normalized spacial score (nSPS) is 21.6. The number of aromatic nitrogens is 2. The number of hydrogen-bond acceptors (Lipinski definition) is 5. The zero-order chi connectivity index (χ0) is 14.5. The van der Waals surface area contributed by atoms with Crippen LogP contribution in [-0.4, -0.2) is 45.6 Å². The van der Waals surface area contributed by atoms with Crippen LogP contribution in [0.25, 0.3) is 0 Å². The van der Waals surface area contributed by atoms with Crippen molar-refractivity contribution in [3.63, 3.8) is 0 Å². The Labute approximate surface area is 124 Å². The van der Waals surface area contributed by atoms with Crippen LogP contribution in [0.5, 0.6) is 0 Å². The number of carbonyl (C=O) groups is 1. The first-order valence-corrected chi connectivity index (χ1v) is 8.26. The van der Waals surface area contributed by atoms with Gasteiger partial charge in [0.15, 0.2) is 0 Å². The van der Waals surface area contributed by atoms with Crippen molar-refractivity contribution in [2.75, 3.05) is 13.1 Å². The van der Waals surface area contributed by atoms with Gasteiger partial charge in [-0.25, -0.2) is 0 Å². The molecule has 1 fully saturated rings. The highest BCUT2D eigenvalue weighted by atomic mass is 32.1. The minimum atomic E-state index is -0.0339. The van der Waals surface area contributed by atoms with Gasteiger partial charge in [0.05, 0.1) is 5.69 Å². The topological polar surface area (TPSA) is 58.1 Å². The van der Waals surface area contributed by atoms with Gasteiger partial charge in [-0.15, -0.1) is 5.10 Å². The van der Waals surface area contributed by atoms with Crippen LogP contribution in [0, 0.1) is 0 Å². The number of carbonyl (C=O) groups excluding carboxylic acids is 1. The summed E-state index contributed by atoms with van der Waals surface area (Å²) in [6, 6.07) is 0.993. The lowest BCUT2D eigenvalue weighted by molar-refractivity contribution is 0.0889. The molecule has 1 amide bonds. The summed E-state index contributed by atoms with van der Waals surface area (Å²) in [5, 5.41) is 7.01. The van der Waals surface area contributed by atoms with Crippen molar-refractivity contribution in [1.29, 1.82) is 0 Å². The van der Waals surface area contributed by atoms with Crippen LogP contribution >= 0.6 is 11.5 Å². The molecule has 0 aliphatic carbocycles. The minimum absolute atomic E-state index is 0.0339. The van der Waals surface area contributed by atoms with Crippen molar-refractivity contribution in [3.8, 4) is 0 Å². The molecule has 0 saturated carbocycles. The summed E-state index contributed by atoms with van der Waals surface area (Å²) < 4.78 is 3.86. The van der Waals surface area contributed by atoms with Crippen LogP contribution in [0.2, 0.25) is 0 Å². The van der Waals surface area contributed by atoms with E-state index in [9.17, 15) is 4.79 Å². The molecule has 1 aromatic heterocycles. The maximum Gasteiger partial charge on any atom is 0.265 e. The maximum atomic E-state index is 12.2. The van der Waals surface area contributed by atoms with Gasteiger partial charge in [-0.05, 0) is 51.2 Å². The molecule has 0 spiro atoms. The molecule has 1 saturated heterocycles. The first-order chi connectivity index (χ1) is 9.63. The molecule has 2 atom stereocenters. The average Bonchev–Trinajstić information content (AvgIpc) is 2.93. The predicted octanol–water partition coefficient (Wildman–Crippen LogP) is 2.09. The molecule has 0 bridgehead atoms. The van der Waals surface area contributed by atoms with Gasteiger partial charge in [-0.1, -0.05) is 17.8 Å². The highest BCUT2D eigenvalue weighted by molar-refractivity contribution is 7.08. The second kappa shape index (κ2) is 7.13. The van der Waals surface area contributed by atoms with E-state index in [4.69, 9.17) is 0 Å². The van der Waals surface area contributed by atoms with Crippen LogP contribution in [0.1, 0.15) is 55.4 Å². The van der Waals surface area contributed by atoms with E-state index >= 15 is 0 Å². The zero-order valence-electron chi connectivity index (χ0n) is 12.6. The molecule has 5 nitrogen and oxygen atoms in total. The summed E-state index contributed by atoms with van der Waals surface area (Å²) in [6.07, 6.45) is 4.60. The van der Waals surface area contributed by atoms with Gasteiger partial charge >= 0.3 is 0 Å². The number of rotatable bonds is 5. The molecule has 6 heteroatoms. The van der Waals surface area contributed by atoms with Crippen LogP contribution in [-0.2, 0) is 6.42 Å². The Morgan fingerprint density at radius 1 is 1.55 bits per heavy atom. The fraction of sp³-hybridized carbons (Fsp3) is 0.786. The summed E-state index contributed by atoms with van der Waals surface area (Å²) in [5.41, 5.74) is 0.798. The van der Waals surface area contributed by atoms with Crippen LogP contribution in [0.15, 0.2) is 0 Å². The third-order valence-electron chi connectivity index (χ3n) is 4.08. The lowest BCUT2D eigenvalue weighted by Gasteiger charge is -2.38. The number of piperidine rings is 1. The van der Waals surface area contributed by atoms with E-state index in [-0.39, 0.29) is 5.91 Å². The Bertz CT molecular complexity index is 448. The average molecular weight is 296 g/mol. The number of aryl methyl sites for hydroxylation is 1. The van der Waals surface area contributed by atoms with Crippen molar-refractivity contribution < 1.29 is 4.79 Å². The van der Waals surface area contributed by atoms with Gasteiger partial charge in [0.25, 0.3) is 5.91 Å². The highest BCUT2D eigenvalue weighted by Gasteiger charge is 2.24.